The Labute approximate surface area is 149 Å². The molecule has 0 atom stereocenters. The van der Waals surface area contributed by atoms with Gasteiger partial charge in [-0.15, -0.1) is 0 Å². The number of esters is 1. The number of nitrogens with zero attached hydrogens (tertiary/aromatic N) is 1. The van der Waals surface area contributed by atoms with E-state index in [0.717, 1.165) is 25.7 Å². The van der Waals surface area contributed by atoms with Crippen LogP contribution < -0.4 is 0 Å². The Bertz CT molecular complexity index is 714. The van der Waals surface area contributed by atoms with Crippen LogP contribution >= 0.6 is 0 Å². The molecule has 0 radical (unpaired) electrons. The smallest absolute Gasteiger partial charge is 0.306 e. The maximum absolute atomic E-state index is 12.7. The van der Waals surface area contributed by atoms with Gasteiger partial charge in [0.2, 0.25) is 5.91 Å². The normalized spacial score (nSPS) is 33.6. The Balaban J connectivity index is 1.31. The SMILES string of the molecule is Cc1cccc(C2CC(N(C)C(=O)C3CC4(COC(=O)C4)C3)C2)c1C. The molecule has 25 heavy (non-hydrogen) atoms. The second-order valence-corrected chi connectivity index (χ2v) is 8.50. The van der Waals surface area contributed by atoms with E-state index in [0.29, 0.717) is 25.0 Å². The van der Waals surface area contributed by atoms with Gasteiger partial charge < -0.3 is 9.64 Å². The summed E-state index contributed by atoms with van der Waals surface area (Å²) in [6.07, 6.45) is 4.25. The van der Waals surface area contributed by atoms with Crippen molar-refractivity contribution in [1.82, 2.24) is 4.90 Å². The van der Waals surface area contributed by atoms with Crippen LogP contribution in [0.2, 0.25) is 0 Å². The third-order valence-electron chi connectivity index (χ3n) is 6.86. The van der Waals surface area contributed by atoms with E-state index in [2.05, 4.69) is 32.0 Å². The highest BCUT2D eigenvalue weighted by atomic mass is 16.5. The third-order valence-corrected chi connectivity index (χ3v) is 6.86. The van der Waals surface area contributed by atoms with Gasteiger partial charge in [-0.2, -0.15) is 0 Å². The topological polar surface area (TPSA) is 46.6 Å². The first-order valence-corrected chi connectivity index (χ1v) is 9.37. The van der Waals surface area contributed by atoms with Crippen molar-refractivity contribution >= 4 is 11.9 Å². The minimum atomic E-state index is -0.102. The largest absolute Gasteiger partial charge is 0.465 e. The molecule has 4 nitrogen and oxygen atoms in total. The molecule has 0 unspecified atom stereocenters. The van der Waals surface area contributed by atoms with Gasteiger partial charge in [0.05, 0.1) is 13.0 Å². The van der Waals surface area contributed by atoms with Crippen molar-refractivity contribution in [3.8, 4) is 0 Å². The lowest BCUT2D eigenvalue weighted by atomic mass is 9.61. The van der Waals surface area contributed by atoms with Crippen molar-refractivity contribution in [3.63, 3.8) is 0 Å². The van der Waals surface area contributed by atoms with E-state index < -0.39 is 0 Å². The van der Waals surface area contributed by atoms with Crippen molar-refractivity contribution in [3.05, 3.63) is 34.9 Å². The number of benzene rings is 1. The zero-order chi connectivity index (χ0) is 17.8. The number of rotatable bonds is 3. The summed E-state index contributed by atoms with van der Waals surface area (Å²) >= 11 is 0. The summed E-state index contributed by atoms with van der Waals surface area (Å²) < 4.78 is 5.10. The molecular formula is C21H27NO3. The van der Waals surface area contributed by atoms with E-state index in [1.54, 1.807) is 0 Å². The maximum Gasteiger partial charge on any atom is 0.306 e. The quantitative estimate of drug-likeness (QED) is 0.792. The number of hydrogen-bond donors (Lipinski definition) is 0. The zero-order valence-corrected chi connectivity index (χ0v) is 15.4. The highest BCUT2D eigenvalue weighted by molar-refractivity contribution is 5.81. The highest BCUT2D eigenvalue weighted by Crippen LogP contribution is 2.52. The molecule has 1 aliphatic heterocycles. The van der Waals surface area contributed by atoms with Gasteiger partial charge in [0.15, 0.2) is 0 Å². The predicted octanol–water partition coefficient (Wildman–Crippen LogP) is 3.35. The molecule has 1 aromatic carbocycles. The lowest BCUT2D eigenvalue weighted by Crippen LogP contribution is -2.52. The molecule has 2 saturated carbocycles. The van der Waals surface area contributed by atoms with Crippen molar-refractivity contribution in [2.75, 3.05) is 13.7 Å². The van der Waals surface area contributed by atoms with Crippen LogP contribution in [0, 0.1) is 25.2 Å². The van der Waals surface area contributed by atoms with E-state index in [1.807, 2.05) is 11.9 Å². The molecule has 4 rings (SSSR count). The Kier molecular flexibility index (Phi) is 3.89. The van der Waals surface area contributed by atoms with Crippen LogP contribution in [0.3, 0.4) is 0 Å². The van der Waals surface area contributed by atoms with E-state index in [4.69, 9.17) is 4.74 Å². The van der Waals surface area contributed by atoms with Crippen molar-refractivity contribution in [2.45, 2.75) is 57.9 Å². The summed E-state index contributed by atoms with van der Waals surface area (Å²) in [5.74, 6) is 0.817. The van der Waals surface area contributed by atoms with E-state index in [-0.39, 0.29) is 23.2 Å². The number of cyclic esters (lactones) is 1. The number of ether oxygens (including phenoxy) is 1. The fourth-order valence-electron chi connectivity index (χ4n) is 4.91. The van der Waals surface area contributed by atoms with Gasteiger partial charge in [-0.1, -0.05) is 18.2 Å². The van der Waals surface area contributed by atoms with Crippen LogP contribution in [0.1, 0.15) is 54.7 Å². The van der Waals surface area contributed by atoms with Crippen LogP contribution in [-0.4, -0.2) is 36.5 Å². The molecule has 3 aliphatic rings. The van der Waals surface area contributed by atoms with Gasteiger partial charge in [-0.05, 0) is 62.1 Å². The molecule has 0 N–H and O–H groups in total. The van der Waals surface area contributed by atoms with E-state index in [9.17, 15) is 9.59 Å². The second kappa shape index (κ2) is 5.86. The van der Waals surface area contributed by atoms with Gasteiger partial charge in [-0.25, -0.2) is 0 Å². The average molecular weight is 341 g/mol. The Morgan fingerprint density at radius 3 is 2.60 bits per heavy atom. The van der Waals surface area contributed by atoms with Crippen LogP contribution in [0.15, 0.2) is 18.2 Å². The first-order chi connectivity index (χ1) is 11.9. The fraction of sp³-hybridized carbons (Fsp3) is 0.619. The zero-order valence-electron chi connectivity index (χ0n) is 15.4. The second-order valence-electron chi connectivity index (χ2n) is 8.50. The highest BCUT2D eigenvalue weighted by Gasteiger charge is 2.53. The molecule has 2 aliphatic carbocycles. The number of amides is 1. The fourth-order valence-corrected chi connectivity index (χ4v) is 4.91. The molecule has 4 heteroatoms. The van der Waals surface area contributed by atoms with Crippen LogP contribution in [0.5, 0.6) is 0 Å². The van der Waals surface area contributed by atoms with Gasteiger partial charge in [-0.3, -0.25) is 9.59 Å². The molecule has 0 bridgehead atoms. The first kappa shape index (κ1) is 16.6. The molecule has 1 saturated heterocycles. The Morgan fingerprint density at radius 1 is 1.24 bits per heavy atom. The molecule has 0 aromatic heterocycles. The summed E-state index contributed by atoms with van der Waals surface area (Å²) in [6, 6.07) is 6.89. The van der Waals surface area contributed by atoms with E-state index in [1.165, 1.54) is 16.7 Å². The molecular weight excluding hydrogens is 314 g/mol. The van der Waals surface area contributed by atoms with Gasteiger partial charge >= 0.3 is 5.97 Å². The minimum absolute atomic E-state index is 0.0287. The monoisotopic (exact) mass is 341 g/mol. The molecule has 3 fully saturated rings. The van der Waals surface area contributed by atoms with Crippen LogP contribution in [0.4, 0.5) is 0 Å². The molecule has 134 valence electrons. The summed E-state index contributed by atoms with van der Waals surface area (Å²) in [6.45, 7) is 4.87. The lowest BCUT2D eigenvalue weighted by Gasteiger charge is -2.47. The van der Waals surface area contributed by atoms with Gasteiger partial charge in [0, 0.05) is 24.4 Å². The summed E-state index contributed by atoms with van der Waals surface area (Å²) in [7, 11) is 1.95. The summed E-state index contributed by atoms with van der Waals surface area (Å²) in [4.78, 5) is 26.0. The number of carbonyl (C=O) groups excluding carboxylic acids is 2. The Hall–Kier alpha value is -1.84. The third kappa shape index (κ3) is 2.76. The van der Waals surface area contributed by atoms with Gasteiger partial charge in [0.1, 0.15) is 0 Å². The first-order valence-electron chi connectivity index (χ1n) is 9.37. The summed E-state index contributed by atoms with van der Waals surface area (Å²) in [5, 5.41) is 0. The molecule has 1 amide bonds. The standard InChI is InChI=1S/C21H27NO3/c1-13-5-4-6-18(14(13)2)15-7-17(8-15)22(3)20(24)16-9-21(10-16)11-19(23)25-12-21/h4-6,15-17H,7-12H2,1-3H3. The van der Waals surface area contributed by atoms with Crippen LogP contribution in [-0.2, 0) is 14.3 Å². The van der Waals surface area contributed by atoms with Crippen LogP contribution in [0.25, 0.3) is 0 Å². The van der Waals surface area contributed by atoms with E-state index >= 15 is 0 Å². The average Bonchev–Trinajstić information content (AvgIpc) is 2.90. The molecule has 1 heterocycles. The number of hydrogen-bond acceptors (Lipinski definition) is 3. The van der Waals surface area contributed by atoms with Crippen molar-refractivity contribution in [2.24, 2.45) is 11.3 Å². The number of carbonyl (C=O) groups is 2. The predicted molar refractivity (Wildman–Crippen MR) is 95.2 cm³/mol. The Morgan fingerprint density at radius 2 is 1.96 bits per heavy atom. The minimum Gasteiger partial charge on any atom is -0.465 e. The number of aryl methyl sites for hydroxylation is 1. The maximum atomic E-state index is 12.7. The van der Waals surface area contributed by atoms with Gasteiger partial charge in [0.25, 0.3) is 0 Å². The van der Waals surface area contributed by atoms with Crippen molar-refractivity contribution in [1.29, 1.82) is 0 Å². The molecule has 1 spiro atoms. The lowest BCUT2D eigenvalue weighted by molar-refractivity contribution is -0.146. The summed E-state index contributed by atoms with van der Waals surface area (Å²) in [5.41, 5.74) is 4.16. The van der Waals surface area contributed by atoms with Crippen molar-refractivity contribution < 1.29 is 14.3 Å². The molecule has 1 aromatic rings.